The average Bonchev–Trinajstić information content (AvgIpc) is 2.90. The van der Waals surface area contributed by atoms with Gasteiger partial charge in [0.2, 0.25) is 0 Å². The summed E-state index contributed by atoms with van der Waals surface area (Å²) >= 11 is 0. The Morgan fingerprint density at radius 3 is 1.83 bits per heavy atom. The first-order valence-electron chi connectivity index (χ1n) is 16.0. The van der Waals surface area contributed by atoms with Crippen molar-refractivity contribution in [2.75, 3.05) is 6.61 Å². The van der Waals surface area contributed by atoms with E-state index < -0.39 is 0 Å². The zero-order chi connectivity index (χ0) is 24.6. The number of hydrogen-bond acceptors (Lipinski definition) is 1. The lowest BCUT2D eigenvalue weighted by atomic mass is 9.74. The fourth-order valence-electron chi connectivity index (χ4n) is 7.07. The fourth-order valence-corrected chi connectivity index (χ4v) is 7.07. The van der Waals surface area contributed by atoms with Crippen molar-refractivity contribution in [2.24, 2.45) is 17.8 Å². The zero-order valence-electron chi connectivity index (χ0n) is 23.6. The van der Waals surface area contributed by atoms with Gasteiger partial charge in [-0.15, -0.1) is 0 Å². The first kappa shape index (κ1) is 28.6. The van der Waals surface area contributed by atoms with E-state index in [9.17, 15) is 0 Å². The molecule has 2 atom stereocenters. The predicted molar refractivity (Wildman–Crippen MR) is 153 cm³/mol. The van der Waals surface area contributed by atoms with Gasteiger partial charge in [0.1, 0.15) is 5.75 Å². The molecule has 0 heterocycles. The second-order valence-electron chi connectivity index (χ2n) is 12.1. The van der Waals surface area contributed by atoms with E-state index in [-0.39, 0.29) is 0 Å². The van der Waals surface area contributed by atoms with Crippen molar-refractivity contribution in [3.8, 4) is 5.75 Å². The van der Waals surface area contributed by atoms with Crippen molar-refractivity contribution in [3.63, 3.8) is 0 Å². The minimum absolute atomic E-state index is 0.779. The first-order chi connectivity index (χ1) is 17.3. The second-order valence-corrected chi connectivity index (χ2v) is 12.1. The van der Waals surface area contributed by atoms with Gasteiger partial charge in [-0.2, -0.15) is 0 Å². The van der Waals surface area contributed by atoms with Crippen LogP contribution in [0.5, 0.6) is 5.75 Å². The molecule has 2 unspecified atom stereocenters. The summed E-state index contributed by atoms with van der Waals surface area (Å²) < 4.78 is 6.18. The van der Waals surface area contributed by atoms with Crippen LogP contribution in [0.3, 0.4) is 0 Å². The van der Waals surface area contributed by atoms with Crippen LogP contribution in [0.15, 0.2) is 24.3 Å². The molecular weight excluding hydrogens is 424 g/mol. The van der Waals surface area contributed by atoms with Crippen molar-refractivity contribution >= 4 is 0 Å². The Balaban J connectivity index is 1.29. The topological polar surface area (TPSA) is 9.23 Å². The van der Waals surface area contributed by atoms with Crippen LogP contribution < -0.4 is 4.74 Å². The van der Waals surface area contributed by atoms with Crippen LogP contribution in [-0.2, 0) is 0 Å². The molecular formula is C34H58O. The summed E-state index contributed by atoms with van der Waals surface area (Å²) in [5, 5.41) is 0. The third-order valence-corrected chi connectivity index (χ3v) is 9.40. The summed E-state index contributed by atoms with van der Waals surface area (Å²) in [6, 6.07) is 9.20. The third kappa shape index (κ3) is 10.9. The van der Waals surface area contributed by atoms with Crippen LogP contribution in [0.2, 0.25) is 0 Å². The van der Waals surface area contributed by atoms with E-state index in [1.54, 1.807) is 5.56 Å². The van der Waals surface area contributed by atoms with Gasteiger partial charge in [0.15, 0.2) is 0 Å². The Bertz CT molecular complexity index is 626. The van der Waals surface area contributed by atoms with Gasteiger partial charge in [0.05, 0.1) is 6.61 Å². The van der Waals surface area contributed by atoms with E-state index in [1.165, 1.54) is 135 Å². The molecule has 2 saturated carbocycles. The maximum absolute atomic E-state index is 6.18. The van der Waals surface area contributed by atoms with Crippen LogP contribution in [0.4, 0.5) is 0 Å². The van der Waals surface area contributed by atoms with Gasteiger partial charge >= 0.3 is 0 Å². The zero-order valence-corrected chi connectivity index (χ0v) is 23.6. The predicted octanol–water partition coefficient (Wildman–Crippen LogP) is 11.3. The van der Waals surface area contributed by atoms with Crippen LogP contribution in [0, 0.1) is 17.8 Å². The van der Waals surface area contributed by atoms with Gasteiger partial charge in [-0.3, -0.25) is 0 Å². The van der Waals surface area contributed by atoms with Crippen LogP contribution in [-0.4, -0.2) is 6.61 Å². The van der Waals surface area contributed by atoms with Gasteiger partial charge in [-0.1, -0.05) is 122 Å². The summed E-state index contributed by atoms with van der Waals surface area (Å²) in [7, 11) is 0. The lowest BCUT2D eigenvalue weighted by Crippen LogP contribution is -2.20. The van der Waals surface area contributed by atoms with E-state index in [0.29, 0.717) is 0 Å². The maximum atomic E-state index is 6.18. The molecule has 0 amide bonds. The van der Waals surface area contributed by atoms with Crippen LogP contribution >= 0.6 is 0 Å². The molecule has 2 fully saturated rings. The molecule has 2 aliphatic rings. The van der Waals surface area contributed by atoms with E-state index in [1.807, 2.05) is 0 Å². The molecule has 3 rings (SSSR count). The second kappa shape index (κ2) is 17.5. The fraction of sp³-hybridized carbons (Fsp3) is 0.824. The van der Waals surface area contributed by atoms with E-state index in [4.69, 9.17) is 4.74 Å². The largest absolute Gasteiger partial charge is 0.494 e. The Kier molecular flexibility index (Phi) is 14.3. The highest BCUT2D eigenvalue weighted by molar-refractivity contribution is 5.29. The Labute approximate surface area is 219 Å². The maximum Gasteiger partial charge on any atom is 0.119 e. The van der Waals surface area contributed by atoms with Crippen LogP contribution in [0.1, 0.15) is 160 Å². The Morgan fingerprint density at radius 2 is 1.17 bits per heavy atom. The molecule has 0 bridgehead atoms. The van der Waals surface area contributed by atoms with E-state index in [2.05, 4.69) is 38.1 Å². The molecule has 1 nitrogen and oxygen atoms in total. The molecule has 0 saturated heterocycles. The number of ether oxygens (including phenoxy) is 1. The summed E-state index contributed by atoms with van der Waals surface area (Å²) in [5.74, 6) is 4.81. The minimum Gasteiger partial charge on any atom is -0.494 e. The molecule has 0 N–H and O–H groups in total. The third-order valence-electron chi connectivity index (χ3n) is 9.40. The monoisotopic (exact) mass is 482 g/mol. The molecule has 0 radical (unpaired) electrons. The molecule has 200 valence electrons. The van der Waals surface area contributed by atoms with Gasteiger partial charge in [-0.25, -0.2) is 0 Å². The van der Waals surface area contributed by atoms with Crippen LogP contribution in [0.25, 0.3) is 0 Å². The van der Waals surface area contributed by atoms with Crippen molar-refractivity contribution in [2.45, 2.75) is 155 Å². The molecule has 2 aliphatic carbocycles. The first-order valence-corrected chi connectivity index (χ1v) is 16.0. The van der Waals surface area contributed by atoms with Gasteiger partial charge in [0.25, 0.3) is 0 Å². The molecule has 1 aromatic rings. The van der Waals surface area contributed by atoms with Crippen molar-refractivity contribution in [1.29, 1.82) is 0 Å². The average molecular weight is 483 g/mol. The molecule has 0 aromatic heterocycles. The number of hydrogen-bond donors (Lipinski definition) is 0. The van der Waals surface area contributed by atoms with Crippen molar-refractivity contribution in [1.82, 2.24) is 0 Å². The number of benzene rings is 1. The van der Waals surface area contributed by atoms with Gasteiger partial charge in [-0.05, 0) is 79.9 Å². The lowest BCUT2D eigenvalue weighted by Gasteiger charge is -2.32. The van der Waals surface area contributed by atoms with Crippen molar-refractivity contribution < 1.29 is 4.74 Å². The molecule has 1 heteroatoms. The van der Waals surface area contributed by atoms with Crippen molar-refractivity contribution in [3.05, 3.63) is 29.8 Å². The molecule has 35 heavy (non-hydrogen) atoms. The summed E-state index contributed by atoms with van der Waals surface area (Å²) in [6.07, 6.45) is 29.9. The quantitative estimate of drug-likeness (QED) is 0.201. The smallest absolute Gasteiger partial charge is 0.119 e. The lowest BCUT2D eigenvalue weighted by molar-refractivity contribution is 0.190. The van der Waals surface area contributed by atoms with Gasteiger partial charge in [0, 0.05) is 0 Å². The minimum atomic E-state index is 0.779. The Morgan fingerprint density at radius 1 is 0.600 bits per heavy atom. The van der Waals surface area contributed by atoms with E-state index in [0.717, 1.165) is 36.0 Å². The molecule has 1 aromatic carbocycles. The number of unbranched alkanes of at least 4 members (excludes halogenated alkanes) is 7. The highest BCUT2D eigenvalue weighted by Gasteiger charge is 2.24. The number of rotatable bonds is 17. The molecule has 0 aliphatic heterocycles. The van der Waals surface area contributed by atoms with E-state index >= 15 is 0 Å². The SMILES string of the molecule is CCCCCCCC1CCC(c2ccc(OCCCC3CCCCC3CCCCCC)cc2)CC1. The standard InChI is InChI=1S/C34H58O/c1-3-5-7-9-10-15-29-20-22-32(23-21-29)33-24-26-34(27-25-33)35-28-14-19-31-18-13-12-17-30(31)16-11-8-6-4-2/h24-27,29-32H,3-23,28H2,1-2H3. The molecule has 0 spiro atoms. The summed E-state index contributed by atoms with van der Waals surface area (Å²) in [4.78, 5) is 0. The van der Waals surface area contributed by atoms with Gasteiger partial charge < -0.3 is 4.74 Å². The highest BCUT2D eigenvalue weighted by Crippen LogP contribution is 2.39. The Hall–Kier alpha value is -0.980. The highest BCUT2D eigenvalue weighted by atomic mass is 16.5. The summed E-state index contributed by atoms with van der Waals surface area (Å²) in [5.41, 5.74) is 1.55. The summed E-state index contributed by atoms with van der Waals surface area (Å²) in [6.45, 7) is 5.52. The normalized spacial score (nSPS) is 25.0.